The Kier molecular flexibility index (Phi) is 7.95. The zero-order chi connectivity index (χ0) is 11.7. The average molecular weight is 213 g/mol. The lowest BCUT2D eigenvalue weighted by Gasteiger charge is -2.07. The second-order valence-electron chi connectivity index (χ2n) is 3.62. The summed E-state index contributed by atoms with van der Waals surface area (Å²) in [4.78, 5) is 11.0. The molecule has 0 aromatic heterocycles. The van der Waals surface area contributed by atoms with Gasteiger partial charge in [0.2, 0.25) is 5.91 Å². The Bertz CT molecular complexity index is 224. The summed E-state index contributed by atoms with van der Waals surface area (Å²) in [5.74, 6) is -0.287. The Morgan fingerprint density at radius 3 is 2.47 bits per heavy atom. The molecule has 4 heteroatoms. The topological polar surface area (TPSA) is 81.1 Å². The number of rotatable bonds is 8. The van der Waals surface area contributed by atoms with Gasteiger partial charge in [-0.3, -0.25) is 4.79 Å². The highest BCUT2D eigenvalue weighted by atomic mass is 16.1. The first-order chi connectivity index (χ1) is 7.13. The number of hydrogen-bond acceptors (Lipinski definition) is 3. The summed E-state index contributed by atoms with van der Waals surface area (Å²) in [7, 11) is 0. The molecule has 0 heterocycles. The van der Waals surface area contributed by atoms with E-state index in [0.717, 1.165) is 43.5 Å². The predicted molar refractivity (Wildman–Crippen MR) is 63.3 cm³/mol. The van der Waals surface area contributed by atoms with Gasteiger partial charge in [-0.05, 0) is 32.7 Å². The number of carbonyl (C=O) groups is 1. The largest absolute Gasteiger partial charge is 0.366 e. The van der Waals surface area contributed by atoms with E-state index < -0.39 is 0 Å². The third kappa shape index (κ3) is 6.25. The molecular weight excluding hydrogens is 190 g/mol. The van der Waals surface area contributed by atoms with Crippen LogP contribution >= 0.6 is 0 Å². The van der Waals surface area contributed by atoms with Crippen LogP contribution in [0.4, 0.5) is 0 Å². The van der Waals surface area contributed by atoms with Crippen molar-refractivity contribution in [1.82, 2.24) is 5.32 Å². The lowest BCUT2D eigenvalue weighted by Crippen LogP contribution is -2.23. The molecule has 0 aliphatic heterocycles. The number of nitrogens with two attached hydrogens (primary N) is 2. The lowest BCUT2D eigenvalue weighted by atomic mass is 10.0. The lowest BCUT2D eigenvalue weighted by molar-refractivity contribution is -0.114. The summed E-state index contributed by atoms with van der Waals surface area (Å²) in [6.45, 7) is 6.38. The molecule has 0 atom stereocenters. The molecule has 0 saturated carbocycles. The molecule has 0 saturated heterocycles. The first-order valence-electron chi connectivity index (χ1n) is 5.52. The number of allylic oxidation sites excluding steroid dienone is 1. The van der Waals surface area contributed by atoms with Gasteiger partial charge in [0.25, 0.3) is 0 Å². The van der Waals surface area contributed by atoms with Gasteiger partial charge in [0, 0.05) is 18.7 Å². The van der Waals surface area contributed by atoms with Crippen molar-refractivity contribution in [1.29, 1.82) is 0 Å². The Labute approximate surface area is 92.1 Å². The molecule has 0 rings (SSSR count). The van der Waals surface area contributed by atoms with E-state index in [9.17, 15) is 4.79 Å². The standard InChI is InChI=1S/C11H23N3O/c1-3-10(11(13)15)9(2)5-4-7-14-8-6-12/h14H,3-8,12H2,1-2H3,(H2,13,15). The van der Waals surface area contributed by atoms with Gasteiger partial charge >= 0.3 is 0 Å². The molecule has 0 spiro atoms. The fourth-order valence-electron chi connectivity index (χ4n) is 1.54. The number of amides is 1. The number of nitrogens with one attached hydrogen (secondary N) is 1. The zero-order valence-corrected chi connectivity index (χ0v) is 9.81. The van der Waals surface area contributed by atoms with Crippen molar-refractivity contribution in [2.75, 3.05) is 19.6 Å². The van der Waals surface area contributed by atoms with Gasteiger partial charge in [0.1, 0.15) is 0 Å². The second-order valence-corrected chi connectivity index (χ2v) is 3.62. The van der Waals surface area contributed by atoms with E-state index in [-0.39, 0.29) is 5.91 Å². The fourth-order valence-corrected chi connectivity index (χ4v) is 1.54. The smallest absolute Gasteiger partial charge is 0.244 e. The van der Waals surface area contributed by atoms with E-state index in [0.29, 0.717) is 6.54 Å². The molecule has 0 radical (unpaired) electrons. The van der Waals surface area contributed by atoms with Crippen molar-refractivity contribution >= 4 is 5.91 Å². The highest BCUT2D eigenvalue weighted by Crippen LogP contribution is 2.12. The molecule has 0 fully saturated rings. The van der Waals surface area contributed by atoms with Crippen molar-refractivity contribution in [3.8, 4) is 0 Å². The third-order valence-electron chi connectivity index (χ3n) is 2.39. The summed E-state index contributed by atoms with van der Waals surface area (Å²) in [6.07, 6.45) is 2.66. The van der Waals surface area contributed by atoms with Gasteiger partial charge in [-0.2, -0.15) is 0 Å². The van der Waals surface area contributed by atoms with Crippen molar-refractivity contribution in [2.45, 2.75) is 33.1 Å². The SMILES string of the molecule is CCC(C(N)=O)=C(C)CCCNCCN. The van der Waals surface area contributed by atoms with Crippen LogP contribution in [0, 0.1) is 0 Å². The Balaban J connectivity index is 3.89. The summed E-state index contributed by atoms with van der Waals surface area (Å²) in [5.41, 5.74) is 12.5. The average Bonchev–Trinajstić information content (AvgIpc) is 2.18. The third-order valence-corrected chi connectivity index (χ3v) is 2.39. The molecule has 0 bridgehead atoms. The quantitative estimate of drug-likeness (QED) is 0.406. The minimum absolute atomic E-state index is 0.287. The van der Waals surface area contributed by atoms with Crippen LogP contribution in [0.1, 0.15) is 33.1 Å². The van der Waals surface area contributed by atoms with E-state index in [1.165, 1.54) is 0 Å². The van der Waals surface area contributed by atoms with Gasteiger partial charge in [-0.25, -0.2) is 0 Å². The highest BCUT2D eigenvalue weighted by molar-refractivity contribution is 5.92. The van der Waals surface area contributed by atoms with Crippen molar-refractivity contribution in [3.05, 3.63) is 11.1 Å². The molecule has 1 amide bonds. The molecule has 0 aromatic rings. The van der Waals surface area contributed by atoms with E-state index >= 15 is 0 Å². The van der Waals surface area contributed by atoms with E-state index in [2.05, 4.69) is 5.32 Å². The summed E-state index contributed by atoms with van der Waals surface area (Å²) in [6, 6.07) is 0. The molecular formula is C11H23N3O. The minimum Gasteiger partial charge on any atom is -0.366 e. The van der Waals surface area contributed by atoms with Crippen LogP contribution in [-0.2, 0) is 4.79 Å². The van der Waals surface area contributed by atoms with Gasteiger partial charge in [0.05, 0.1) is 0 Å². The van der Waals surface area contributed by atoms with Crippen LogP contribution in [0.25, 0.3) is 0 Å². The Morgan fingerprint density at radius 2 is 2.00 bits per heavy atom. The van der Waals surface area contributed by atoms with Crippen LogP contribution in [0.15, 0.2) is 11.1 Å². The van der Waals surface area contributed by atoms with Crippen LogP contribution in [0.2, 0.25) is 0 Å². The first kappa shape index (κ1) is 14.1. The Hall–Kier alpha value is -0.870. The molecule has 4 nitrogen and oxygen atoms in total. The maximum atomic E-state index is 11.0. The molecule has 0 aromatic carbocycles. The summed E-state index contributed by atoms with van der Waals surface area (Å²) in [5, 5.41) is 3.21. The molecule has 0 aliphatic rings. The van der Waals surface area contributed by atoms with Gasteiger partial charge in [0.15, 0.2) is 0 Å². The Morgan fingerprint density at radius 1 is 1.33 bits per heavy atom. The van der Waals surface area contributed by atoms with E-state index in [4.69, 9.17) is 11.5 Å². The van der Waals surface area contributed by atoms with Crippen molar-refractivity contribution in [3.63, 3.8) is 0 Å². The zero-order valence-electron chi connectivity index (χ0n) is 9.81. The normalized spacial score (nSPS) is 12.5. The fraction of sp³-hybridized carbons (Fsp3) is 0.727. The van der Waals surface area contributed by atoms with Gasteiger partial charge < -0.3 is 16.8 Å². The highest BCUT2D eigenvalue weighted by Gasteiger charge is 2.06. The number of carbonyl (C=O) groups excluding carboxylic acids is 1. The molecule has 0 aliphatic carbocycles. The van der Waals surface area contributed by atoms with Gasteiger partial charge in [-0.1, -0.05) is 12.5 Å². The summed E-state index contributed by atoms with van der Waals surface area (Å²) < 4.78 is 0. The first-order valence-corrected chi connectivity index (χ1v) is 5.52. The minimum atomic E-state index is -0.287. The summed E-state index contributed by atoms with van der Waals surface area (Å²) >= 11 is 0. The second kappa shape index (κ2) is 8.44. The van der Waals surface area contributed by atoms with Gasteiger partial charge in [-0.15, -0.1) is 0 Å². The molecule has 5 N–H and O–H groups in total. The molecule has 88 valence electrons. The van der Waals surface area contributed by atoms with Crippen LogP contribution in [-0.4, -0.2) is 25.5 Å². The molecule has 0 unspecified atom stereocenters. The van der Waals surface area contributed by atoms with Crippen molar-refractivity contribution in [2.24, 2.45) is 11.5 Å². The number of hydrogen-bond donors (Lipinski definition) is 3. The predicted octanol–water partition coefficient (Wildman–Crippen LogP) is 0.527. The van der Waals surface area contributed by atoms with Crippen LogP contribution < -0.4 is 16.8 Å². The molecule has 15 heavy (non-hydrogen) atoms. The maximum absolute atomic E-state index is 11.0. The monoisotopic (exact) mass is 213 g/mol. The van der Waals surface area contributed by atoms with Crippen LogP contribution in [0.3, 0.4) is 0 Å². The van der Waals surface area contributed by atoms with Crippen molar-refractivity contribution < 1.29 is 4.79 Å². The van der Waals surface area contributed by atoms with Crippen LogP contribution in [0.5, 0.6) is 0 Å². The van der Waals surface area contributed by atoms with E-state index in [1.807, 2.05) is 13.8 Å². The number of primary amides is 1. The van der Waals surface area contributed by atoms with E-state index in [1.54, 1.807) is 0 Å². The maximum Gasteiger partial charge on any atom is 0.244 e.